The Bertz CT molecular complexity index is 327. The van der Waals surface area contributed by atoms with Gasteiger partial charge in [0.15, 0.2) is 0 Å². The van der Waals surface area contributed by atoms with Crippen molar-refractivity contribution in [2.75, 3.05) is 50.2 Å². The molecule has 0 aromatic heterocycles. The third-order valence-electron chi connectivity index (χ3n) is 2.90. The molecule has 0 saturated carbocycles. The summed E-state index contributed by atoms with van der Waals surface area (Å²) in [5, 5.41) is 0. The molecule has 15 heavy (non-hydrogen) atoms. The lowest BCUT2D eigenvalue weighted by Crippen LogP contribution is -2.40. The maximum absolute atomic E-state index is 5.13. The van der Waals surface area contributed by atoms with Gasteiger partial charge in [0.1, 0.15) is 0 Å². The number of ether oxygens (including phenoxy) is 1. The molecule has 0 radical (unpaired) electrons. The fourth-order valence-corrected chi connectivity index (χ4v) is 2.00. The van der Waals surface area contributed by atoms with Gasteiger partial charge in [0.05, 0.1) is 18.0 Å². The Labute approximate surface area is 91.2 Å². The molecule has 0 spiro atoms. The van der Waals surface area contributed by atoms with E-state index in [1.807, 2.05) is 0 Å². The van der Waals surface area contributed by atoms with Crippen molar-refractivity contribution in [1.82, 2.24) is 0 Å². The van der Waals surface area contributed by atoms with E-state index in [4.69, 9.17) is 4.74 Å². The van der Waals surface area contributed by atoms with E-state index in [0.717, 1.165) is 26.2 Å². The molecule has 0 fully saturated rings. The van der Waals surface area contributed by atoms with Crippen molar-refractivity contribution in [3.8, 4) is 0 Å². The summed E-state index contributed by atoms with van der Waals surface area (Å²) in [7, 11) is 3.90. The molecule has 1 aromatic carbocycles. The lowest BCUT2D eigenvalue weighted by molar-refractivity contribution is 0.205. The van der Waals surface area contributed by atoms with Gasteiger partial charge in [-0.05, 0) is 12.1 Å². The molecule has 1 aliphatic rings. The smallest absolute Gasteiger partial charge is 0.0637 e. The topological polar surface area (TPSA) is 15.7 Å². The zero-order valence-corrected chi connectivity index (χ0v) is 9.44. The molecule has 2 rings (SSSR count). The minimum atomic E-state index is 0.790. The van der Waals surface area contributed by atoms with E-state index >= 15 is 0 Å². The van der Waals surface area contributed by atoms with Crippen molar-refractivity contribution >= 4 is 11.4 Å². The zero-order chi connectivity index (χ0) is 10.7. The second-order valence-corrected chi connectivity index (χ2v) is 3.89. The molecule has 0 N–H and O–H groups in total. The Kier molecular flexibility index (Phi) is 3.11. The van der Waals surface area contributed by atoms with Crippen LogP contribution >= 0.6 is 0 Å². The number of benzene rings is 1. The number of hydrogen-bond acceptors (Lipinski definition) is 3. The highest BCUT2D eigenvalue weighted by Crippen LogP contribution is 2.31. The quantitative estimate of drug-likeness (QED) is 0.747. The molecule has 3 nitrogen and oxygen atoms in total. The van der Waals surface area contributed by atoms with Gasteiger partial charge in [-0.1, -0.05) is 12.1 Å². The van der Waals surface area contributed by atoms with Gasteiger partial charge in [0, 0.05) is 33.8 Å². The molecule has 0 aliphatic carbocycles. The predicted octanol–water partition coefficient (Wildman–Crippen LogP) is 1.59. The van der Waals surface area contributed by atoms with Crippen LogP contribution in [0.25, 0.3) is 0 Å². The summed E-state index contributed by atoms with van der Waals surface area (Å²) in [6.45, 7) is 3.93. The minimum Gasteiger partial charge on any atom is -0.383 e. The Morgan fingerprint density at radius 2 is 1.93 bits per heavy atom. The zero-order valence-electron chi connectivity index (χ0n) is 9.44. The summed E-state index contributed by atoms with van der Waals surface area (Å²) >= 11 is 0. The van der Waals surface area contributed by atoms with Gasteiger partial charge >= 0.3 is 0 Å². The van der Waals surface area contributed by atoms with Crippen LogP contribution < -0.4 is 9.80 Å². The predicted molar refractivity (Wildman–Crippen MR) is 63.8 cm³/mol. The van der Waals surface area contributed by atoms with E-state index in [0.29, 0.717) is 0 Å². The van der Waals surface area contributed by atoms with Crippen LogP contribution in [0.3, 0.4) is 0 Å². The summed E-state index contributed by atoms with van der Waals surface area (Å²) in [6, 6.07) is 8.54. The number of nitrogens with zero attached hydrogens (tertiary/aromatic N) is 2. The molecule has 3 heteroatoms. The first-order chi connectivity index (χ1) is 7.33. The van der Waals surface area contributed by atoms with Crippen molar-refractivity contribution in [3.05, 3.63) is 24.3 Å². The van der Waals surface area contributed by atoms with E-state index in [2.05, 4.69) is 41.1 Å². The molecule has 0 saturated heterocycles. The van der Waals surface area contributed by atoms with Crippen LogP contribution in [0.2, 0.25) is 0 Å². The van der Waals surface area contributed by atoms with Gasteiger partial charge in [-0.15, -0.1) is 0 Å². The van der Waals surface area contributed by atoms with Crippen LogP contribution in [0.1, 0.15) is 0 Å². The average Bonchev–Trinajstić information content (AvgIpc) is 2.29. The summed E-state index contributed by atoms with van der Waals surface area (Å²) in [5.74, 6) is 0. The Hall–Kier alpha value is -1.22. The Balaban J connectivity index is 2.20. The van der Waals surface area contributed by atoms with E-state index < -0.39 is 0 Å². The summed E-state index contributed by atoms with van der Waals surface area (Å²) in [4.78, 5) is 4.69. The lowest BCUT2D eigenvalue weighted by Gasteiger charge is -2.36. The van der Waals surface area contributed by atoms with Crippen LogP contribution in [-0.4, -0.2) is 40.4 Å². The third-order valence-corrected chi connectivity index (χ3v) is 2.90. The van der Waals surface area contributed by atoms with E-state index in [9.17, 15) is 0 Å². The molecule has 82 valence electrons. The fraction of sp³-hybridized carbons (Fsp3) is 0.500. The number of para-hydroxylation sites is 2. The Morgan fingerprint density at radius 1 is 1.20 bits per heavy atom. The van der Waals surface area contributed by atoms with E-state index in [-0.39, 0.29) is 0 Å². The van der Waals surface area contributed by atoms with Crippen LogP contribution in [0.4, 0.5) is 11.4 Å². The van der Waals surface area contributed by atoms with Crippen LogP contribution in [-0.2, 0) is 4.74 Å². The molecule has 0 amide bonds. The molecular formula is C12H18N2O. The van der Waals surface area contributed by atoms with Crippen LogP contribution in [0.5, 0.6) is 0 Å². The highest BCUT2D eigenvalue weighted by molar-refractivity contribution is 5.72. The summed E-state index contributed by atoms with van der Waals surface area (Å²) in [5.41, 5.74) is 2.64. The largest absolute Gasteiger partial charge is 0.383 e. The highest BCUT2D eigenvalue weighted by atomic mass is 16.5. The lowest BCUT2D eigenvalue weighted by atomic mass is 10.2. The monoisotopic (exact) mass is 206 g/mol. The van der Waals surface area contributed by atoms with Gasteiger partial charge in [0.2, 0.25) is 0 Å². The van der Waals surface area contributed by atoms with Gasteiger partial charge in [0.25, 0.3) is 0 Å². The van der Waals surface area contributed by atoms with Crippen molar-refractivity contribution in [1.29, 1.82) is 0 Å². The third kappa shape index (κ3) is 2.07. The second kappa shape index (κ2) is 4.53. The minimum absolute atomic E-state index is 0.790. The first kappa shape index (κ1) is 10.3. The maximum Gasteiger partial charge on any atom is 0.0637 e. The van der Waals surface area contributed by atoms with Crippen LogP contribution in [0, 0.1) is 0 Å². The van der Waals surface area contributed by atoms with E-state index in [1.54, 1.807) is 7.11 Å². The number of anilines is 2. The number of fused-ring (bicyclic) bond motifs is 1. The van der Waals surface area contributed by atoms with Crippen molar-refractivity contribution < 1.29 is 4.74 Å². The van der Waals surface area contributed by atoms with Gasteiger partial charge < -0.3 is 14.5 Å². The Morgan fingerprint density at radius 3 is 2.67 bits per heavy atom. The average molecular weight is 206 g/mol. The fourth-order valence-electron chi connectivity index (χ4n) is 2.00. The normalized spacial score (nSPS) is 15.3. The van der Waals surface area contributed by atoms with Crippen LogP contribution in [0.15, 0.2) is 24.3 Å². The van der Waals surface area contributed by atoms with Gasteiger partial charge in [-0.3, -0.25) is 0 Å². The van der Waals surface area contributed by atoms with E-state index in [1.165, 1.54) is 11.4 Å². The van der Waals surface area contributed by atoms with Crippen molar-refractivity contribution in [2.45, 2.75) is 0 Å². The molecule has 1 heterocycles. The highest BCUT2D eigenvalue weighted by Gasteiger charge is 2.18. The number of hydrogen-bond donors (Lipinski definition) is 0. The standard InChI is InChI=1S/C12H18N2O/c1-13-7-8-14(9-10-15-2)12-6-4-3-5-11(12)13/h3-6H,7-10H2,1-2H3. The first-order valence-electron chi connectivity index (χ1n) is 5.37. The summed E-state index contributed by atoms with van der Waals surface area (Å²) < 4.78 is 5.13. The molecule has 1 aromatic rings. The van der Waals surface area contributed by atoms with Gasteiger partial charge in [-0.25, -0.2) is 0 Å². The number of rotatable bonds is 3. The SMILES string of the molecule is COCCN1CCN(C)c2ccccc21. The summed E-state index contributed by atoms with van der Waals surface area (Å²) in [6.07, 6.45) is 0. The molecule has 0 atom stereocenters. The molecule has 0 bridgehead atoms. The molecule has 1 aliphatic heterocycles. The second-order valence-electron chi connectivity index (χ2n) is 3.89. The maximum atomic E-state index is 5.13. The van der Waals surface area contributed by atoms with Gasteiger partial charge in [-0.2, -0.15) is 0 Å². The number of methoxy groups -OCH3 is 1. The molecular weight excluding hydrogens is 188 g/mol. The molecule has 0 unspecified atom stereocenters. The number of likely N-dealkylation sites (N-methyl/N-ethyl adjacent to an activating group) is 1. The van der Waals surface area contributed by atoms with Crippen molar-refractivity contribution in [3.63, 3.8) is 0 Å². The van der Waals surface area contributed by atoms with Crippen molar-refractivity contribution in [2.24, 2.45) is 0 Å². The first-order valence-corrected chi connectivity index (χ1v) is 5.37.